The lowest BCUT2D eigenvalue weighted by Crippen LogP contribution is -2.42. The minimum atomic E-state index is -0.410. The van der Waals surface area contributed by atoms with Gasteiger partial charge >= 0.3 is 0 Å². The highest BCUT2D eigenvalue weighted by Gasteiger charge is 2.36. The molecule has 1 saturated carbocycles. The summed E-state index contributed by atoms with van der Waals surface area (Å²) >= 11 is 0. The van der Waals surface area contributed by atoms with Gasteiger partial charge < -0.3 is 15.0 Å². The molecule has 2 N–H and O–H groups in total. The number of hydrogen-bond donors (Lipinski definition) is 1. The van der Waals surface area contributed by atoms with Crippen LogP contribution in [0.2, 0.25) is 0 Å². The van der Waals surface area contributed by atoms with Crippen LogP contribution in [-0.4, -0.2) is 17.3 Å². The Morgan fingerprint density at radius 3 is 3.12 bits per heavy atom. The van der Waals surface area contributed by atoms with Crippen molar-refractivity contribution in [2.45, 2.75) is 44.8 Å². The lowest BCUT2D eigenvalue weighted by molar-refractivity contribution is 0.151. The molecule has 1 aromatic heterocycles. The molecule has 0 aromatic carbocycles. The smallest absolute Gasteiger partial charge is 0.252 e. The number of nitrogens with two attached hydrogens (primary N) is 1. The number of nitrogens with zero attached hydrogens (tertiary/aromatic N) is 2. The molecular weight excluding hydrogens is 206 g/mol. The first kappa shape index (κ1) is 11.5. The van der Waals surface area contributed by atoms with E-state index >= 15 is 0 Å². The van der Waals surface area contributed by atoms with Crippen LogP contribution in [0, 0.1) is 5.92 Å². The van der Waals surface area contributed by atoms with Crippen LogP contribution in [0.4, 0.5) is 0 Å². The Morgan fingerprint density at radius 2 is 2.44 bits per heavy atom. The van der Waals surface area contributed by atoms with Gasteiger partial charge in [0.25, 0.3) is 5.89 Å². The number of aromatic nitrogens is 2. The van der Waals surface area contributed by atoms with E-state index in [1.807, 2.05) is 0 Å². The maximum atomic E-state index is 6.35. The second-order valence-electron chi connectivity index (χ2n) is 4.80. The van der Waals surface area contributed by atoms with Gasteiger partial charge in [-0.2, -0.15) is 4.98 Å². The van der Waals surface area contributed by atoms with Crippen LogP contribution in [-0.2, 0) is 16.9 Å². The standard InChI is InChI=1S/C11H19N3O2/c1-8-4-3-5-11(12,6-8)10-13-9(7-15-2)16-14-10/h8H,3-7,12H2,1-2H3. The third-order valence-electron chi connectivity index (χ3n) is 3.21. The summed E-state index contributed by atoms with van der Waals surface area (Å²) in [6, 6.07) is 0. The van der Waals surface area contributed by atoms with Gasteiger partial charge in [-0.25, -0.2) is 0 Å². The van der Waals surface area contributed by atoms with Gasteiger partial charge in [0.2, 0.25) is 0 Å². The van der Waals surface area contributed by atoms with Crippen molar-refractivity contribution in [2.75, 3.05) is 7.11 Å². The minimum absolute atomic E-state index is 0.346. The molecular formula is C11H19N3O2. The van der Waals surface area contributed by atoms with Gasteiger partial charge in [-0.05, 0) is 18.8 Å². The summed E-state index contributed by atoms with van der Waals surface area (Å²) in [5.41, 5.74) is 5.94. The van der Waals surface area contributed by atoms with Crippen molar-refractivity contribution in [3.8, 4) is 0 Å². The fourth-order valence-corrected chi connectivity index (χ4v) is 2.43. The van der Waals surface area contributed by atoms with Crippen LogP contribution < -0.4 is 5.73 Å². The van der Waals surface area contributed by atoms with E-state index in [0.717, 1.165) is 19.3 Å². The van der Waals surface area contributed by atoms with Crippen molar-refractivity contribution in [3.63, 3.8) is 0 Å². The third kappa shape index (κ3) is 2.25. The predicted molar refractivity (Wildman–Crippen MR) is 58.5 cm³/mol. The summed E-state index contributed by atoms with van der Waals surface area (Å²) in [7, 11) is 1.60. The summed E-state index contributed by atoms with van der Waals surface area (Å²) in [6.07, 6.45) is 4.23. The van der Waals surface area contributed by atoms with Crippen LogP contribution in [0.5, 0.6) is 0 Å². The first-order valence-electron chi connectivity index (χ1n) is 5.75. The molecule has 2 rings (SSSR count). The molecule has 2 atom stereocenters. The highest BCUT2D eigenvalue weighted by Crippen LogP contribution is 2.36. The Bertz CT molecular complexity index is 353. The normalized spacial score (nSPS) is 30.6. The Kier molecular flexibility index (Phi) is 3.25. The van der Waals surface area contributed by atoms with E-state index in [1.165, 1.54) is 6.42 Å². The van der Waals surface area contributed by atoms with Crippen LogP contribution in [0.1, 0.15) is 44.3 Å². The third-order valence-corrected chi connectivity index (χ3v) is 3.21. The second kappa shape index (κ2) is 4.51. The largest absolute Gasteiger partial charge is 0.375 e. The van der Waals surface area contributed by atoms with Crippen LogP contribution >= 0.6 is 0 Å². The minimum Gasteiger partial charge on any atom is -0.375 e. The van der Waals surface area contributed by atoms with Gasteiger partial charge in [0.15, 0.2) is 5.82 Å². The first-order valence-corrected chi connectivity index (χ1v) is 5.75. The summed E-state index contributed by atoms with van der Waals surface area (Å²) < 4.78 is 10.0. The SMILES string of the molecule is COCc1nc(C2(N)CCCC(C)C2)no1. The maximum Gasteiger partial charge on any atom is 0.252 e. The molecule has 0 aliphatic heterocycles. The predicted octanol–water partition coefficient (Wildman–Crippen LogP) is 1.58. The van der Waals surface area contributed by atoms with E-state index in [2.05, 4.69) is 17.1 Å². The van der Waals surface area contributed by atoms with Gasteiger partial charge in [0.05, 0.1) is 5.54 Å². The fourth-order valence-electron chi connectivity index (χ4n) is 2.43. The van der Waals surface area contributed by atoms with Gasteiger partial charge in [-0.3, -0.25) is 0 Å². The molecule has 1 heterocycles. The van der Waals surface area contributed by atoms with Crippen LogP contribution in [0.25, 0.3) is 0 Å². The molecule has 1 aliphatic rings. The molecule has 90 valence electrons. The van der Waals surface area contributed by atoms with E-state index < -0.39 is 5.54 Å². The van der Waals surface area contributed by atoms with Crippen LogP contribution in [0.3, 0.4) is 0 Å². The summed E-state index contributed by atoms with van der Waals surface area (Å²) in [6.45, 7) is 2.57. The fraction of sp³-hybridized carbons (Fsp3) is 0.818. The second-order valence-corrected chi connectivity index (χ2v) is 4.80. The zero-order valence-electron chi connectivity index (χ0n) is 9.90. The molecule has 1 aromatic rings. The first-order chi connectivity index (χ1) is 7.64. The molecule has 1 fully saturated rings. The van der Waals surface area contributed by atoms with E-state index in [-0.39, 0.29) is 0 Å². The van der Waals surface area contributed by atoms with E-state index in [9.17, 15) is 0 Å². The van der Waals surface area contributed by atoms with Crippen molar-refractivity contribution in [1.82, 2.24) is 10.1 Å². The lowest BCUT2D eigenvalue weighted by Gasteiger charge is -2.33. The van der Waals surface area contributed by atoms with Gasteiger partial charge in [0, 0.05) is 7.11 Å². The Balaban J connectivity index is 2.14. The van der Waals surface area contributed by atoms with Gasteiger partial charge in [-0.1, -0.05) is 24.9 Å². The van der Waals surface area contributed by atoms with E-state index in [1.54, 1.807) is 7.11 Å². The number of rotatable bonds is 3. The van der Waals surface area contributed by atoms with E-state index in [0.29, 0.717) is 24.2 Å². The monoisotopic (exact) mass is 225 g/mol. The Labute approximate surface area is 95.3 Å². The number of methoxy groups -OCH3 is 1. The Hall–Kier alpha value is -0.940. The number of ether oxygens (including phenoxy) is 1. The summed E-state index contributed by atoms with van der Waals surface area (Å²) in [5, 5.41) is 3.97. The molecule has 5 nitrogen and oxygen atoms in total. The van der Waals surface area contributed by atoms with Crippen molar-refractivity contribution < 1.29 is 9.26 Å². The zero-order chi connectivity index (χ0) is 11.6. The molecule has 16 heavy (non-hydrogen) atoms. The van der Waals surface area contributed by atoms with Crippen LogP contribution in [0.15, 0.2) is 4.52 Å². The van der Waals surface area contributed by atoms with Crippen molar-refractivity contribution in [3.05, 3.63) is 11.7 Å². The van der Waals surface area contributed by atoms with Gasteiger partial charge in [-0.15, -0.1) is 0 Å². The van der Waals surface area contributed by atoms with Crippen molar-refractivity contribution in [2.24, 2.45) is 11.7 Å². The summed E-state index contributed by atoms with van der Waals surface area (Å²) in [4.78, 5) is 4.30. The van der Waals surface area contributed by atoms with Crippen molar-refractivity contribution in [1.29, 1.82) is 0 Å². The number of hydrogen-bond acceptors (Lipinski definition) is 5. The average molecular weight is 225 g/mol. The van der Waals surface area contributed by atoms with Gasteiger partial charge in [0.1, 0.15) is 6.61 Å². The summed E-state index contributed by atoms with van der Waals surface area (Å²) in [5.74, 6) is 1.76. The zero-order valence-corrected chi connectivity index (χ0v) is 9.90. The highest BCUT2D eigenvalue weighted by molar-refractivity contribution is 5.05. The quantitative estimate of drug-likeness (QED) is 0.845. The average Bonchev–Trinajstić information content (AvgIpc) is 2.67. The molecule has 0 radical (unpaired) electrons. The molecule has 0 saturated heterocycles. The van der Waals surface area contributed by atoms with Crippen molar-refractivity contribution >= 4 is 0 Å². The maximum absolute atomic E-state index is 6.35. The molecule has 1 aliphatic carbocycles. The molecule has 5 heteroatoms. The molecule has 2 unspecified atom stereocenters. The molecule has 0 bridgehead atoms. The molecule has 0 spiro atoms. The van der Waals surface area contributed by atoms with E-state index in [4.69, 9.17) is 15.0 Å². The molecule has 0 amide bonds. The Morgan fingerprint density at radius 1 is 1.62 bits per heavy atom. The highest BCUT2D eigenvalue weighted by atomic mass is 16.5. The lowest BCUT2D eigenvalue weighted by atomic mass is 9.76. The topological polar surface area (TPSA) is 74.2 Å².